The fourth-order valence-corrected chi connectivity index (χ4v) is 2.37. The molecule has 1 N–H and O–H groups in total. The van der Waals surface area contributed by atoms with Crippen LogP contribution in [0.25, 0.3) is 0 Å². The van der Waals surface area contributed by atoms with Gasteiger partial charge in [-0.25, -0.2) is 0 Å². The number of hydrogen-bond donors (Lipinski definition) is 1. The summed E-state index contributed by atoms with van der Waals surface area (Å²) in [7, 11) is 0. The van der Waals surface area contributed by atoms with Gasteiger partial charge in [-0.05, 0) is 33.1 Å². The van der Waals surface area contributed by atoms with Crippen LogP contribution in [0.1, 0.15) is 65.8 Å². The highest BCUT2D eigenvalue weighted by Gasteiger charge is 2.12. The molecule has 0 saturated heterocycles. The van der Waals surface area contributed by atoms with E-state index in [9.17, 15) is 9.59 Å². The monoisotopic (exact) mass is 322 g/mol. The zero-order valence-electron chi connectivity index (χ0n) is 14.8. The Bertz CT molecular complexity index is 491. The zero-order chi connectivity index (χ0) is 17.2. The maximum atomic E-state index is 12.1. The van der Waals surface area contributed by atoms with Crippen LogP contribution in [0.2, 0.25) is 0 Å². The Morgan fingerprint density at radius 2 is 1.87 bits per heavy atom. The van der Waals surface area contributed by atoms with Crippen LogP contribution in [0.15, 0.2) is 12.4 Å². The van der Waals surface area contributed by atoms with Gasteiger partial charge in [-0.3, -0.25) is 14.3 Å². The topological polar surface area (TPSA) is 67.2 Å². The second kappa shape index (κ2) is 10.0. The molecule has 130 valence electrons. The molecule has 1 rings (SSSR count). The van der Waals surface area contributed by atoms with Crippen molar-refractivity contribution in [2.45, 2.75) is 65.8 Å². The van der Waals surface area contributed by atoms with Crippen molar-refractivity contribution in [1.29, 1.82) is 0 Å². The van der Waals surface area contributed by atoms with Crippen LogP contribution in [0.4, 0.5) is 5.69 Å². The molecule has 2 amide bonds. The number of anilines is 1. The summed E-state index contributed by atoms with van der Waals surface area (Å²) in [6.45, 7) is 9.80. The van der Waals surface area contributed by atoms with E-state index in [4.69, 9.17) is 0 Å². The first-order valence-electron chi connectivity index (χ1n) is 8.59. The largest absolute Gasteiger partial charge is 0.343 e. The summed E-state index contributed by atoms with van der Waals surface area (Å²) >= 11 is 0. The Hall–Kier alpha value is -1.85. The molecule has 0 radical (unpaired) electrons. The third-order valence-electron chi connectivity index (χ3n) is 3.55. The van der Waals surface area contributed by atoms with Crippen molar-refractivity contribution in [1.82, 2.24) is 14.7 Å². The van der Waals surface area contributed by atoms with Gasteiger partial charge in [0.2, 0.25) is 11.8 Å². The number of hydrogen-bond acceptors (Lipinski definition) is 3. The first-order valence-corrected chi connectivity index (χ1v) is 8.59. The van der Waals surface area contributed by atoms with E-state index < -0.39 is 0 Å². The normalized spacial score (nSPS) is 10.8. The summed E-state index contributed by atoms with van der Waals surface area (Å²) in [4.78, 5) is 25.9. The van der Waals surface area contributed by atoms with Gasteiger partial charge in [0, 0.05) is 38.2 Å². The van der Waals surface area contributed by atoms with Crippen LogP contribution in [0.3, 0.4) is 0 Å². The summed E-state index contributed by atoms with van der Waals surface area (Å²) < 4.78 is 1.80. The van der Waals surface area contributed by atoms with Gasteiger partial charge in [-0.15, -0.1) is 0 Å². The van der Waals surface area contributed by atoms with Crippen molar-refractivity contribution in [3.05, 3.63) is 12.4 Å². The number of aromatic nitrogens is 2. The second-order valence-corrected chi connectivity index (χ2v) is 6.09. The lowest BCUT2D eigenvalue weighted by Gasteiger charge is -2.21. The van der Waals surface area contributed by atoms with Gasteiger partial charge in [0.1, 0.15) is 0 Å². The Kier molecular flexibility index (Phi) is 8.37. The molecular formula is C17H30N4O2. The highest BCUT2D eigenvalue weighted by atomic mass is 16.2. The Balaban J connectivity index is 2.33. The highest BCUT2D eigenvalue weighted by molar-refractivity contribution is 5.90. The van der Waals surface area contributed by atoms with E-state index in [1.807, 2.05) is 24.9 Å². The first kappa shape index (κ1) is 19.2. The lowest BCUT2D eigenvalue weighted by atomic mass is 10.2. The third-order valence-corrected chi connectivity index (χ3v) is 3.55. The zero-order valence-corrected chi connectivity index (χ0v) is 14.8. The van der Waals surface area contributed by atoms with Crippen LogP contribution in [-0.4, -0.2) is 39.6 Å². The maximum absolute atomic E-state index is 12.1. The molecule has 1 aromatic heterocycles. The fraction of sp³-hybridized carbons (Fsp3) is 0.706. The number of amides is 2. The van der Waals surface area contributed by atoms with Crippen LogP contribution < -0.4 is 5.32 Å². The molecule has 0 atom stereocenters. The standard InChI is InChI=1S/C17H30N4O2/c1-5-10-20(11-6-2)17(23)9-7-8-16(22)19-15-12-18-21(13-15)14(3)4/h12-14H,5-11H2,1-4H3,(H,19,22). The predicted octanol–water partition coefficient (Wildman–Crippen LogP) is 3.22. The SMILES string of the molecule is CCCN(CCC)C(=O)CCCC(=O)Nc1cnn(C(C)C)c1. The van der Waals surface area contributed by atoms with Gasteiger partial charge in [0.15, 0.2) is 0 Å². The molecule has 0 aliphatic carbocycles. The second-order valence-electron chi connectivity index (χ2n) is 6.09. The van der Waals surface area contributed by atoms with Crippen LogP contribution in [0, 0.1) is 0 Å². The van der Waals surface area contributed by atoms with E-state index in [1.165, 1.54) is 0 Å². The molecule has 1 heterocycles. The quantitative estimate of drug-likeness (QED) is 0.719. The van der Waals surface area contributed by atoms with Gasteiger partial charge in [-0.1, -0.05) is 13.8 Å². The average Bonchev–Trinajstić information content (AvgIpc) is 2.95. The van der Waals surface area contributed by atoms with E-state index in [0.717, 1.165) is 25.9 Å². The molecule has 0 spiro atoms. The van der Waals surface area contributed by atoms with Gasteiger partial charge in [0.25, 0.3) is 0 Å². The minimum absolute atomic E-state index is 0.0707. The molecule has 23 heavy (non-hydrogen) atoms. The summed E-state index contributed by atoms with van der Waals surface area (Å²) in [5, 5.41) is 7.01. The number of rotatable bonds is 10. The summed E-state index contributed by atoms with van der Waals surface area (Å²) in [5.74, 6) is 0.0766. The van der Waals surface area contributed by atoms with Gasteiger partial charge in [0.05, 0.1) is 11.9 Å². The average molecular weight is 322 g/mol. The van der Waals surface area contributed by atoms with E-state index in [1.54, 1.807) is 10.9 Å². The molecule has 6 heteroatoms. The summed E-state index contributed by atoms with van der Waals surface area (Å²) in [6.07, 6.45) is 6.75. The Morgan fingerprint density at radius 3 is 2.39 bits per heavy atom. The van der Waals surface area contributed by atoms with Crippen LogP contribution >= 0.6 is 0 Å². The molecule has 1 aromatic rings. The van der Waals surface area contributed by atoms with E-state index in [0.29, 0.717) is 24.9 Å². The lowest BCUT2D eigenvalue weighted by Crippen LogP contribution is -2.32. The van der Waals surface area contributed by atoms with Crippen molar-refractivity contribution in [2.75, 3.05) is 18.4 Å². The summed E-state index contributed by atoms with van der Waals surface area (Å²) in [5.41, 5.74) is 0.702. The minimum atomic E-state index is -0.0707. The van der Waals surface area contributed by atoms with Crippen molar-refractivity contribution in [2.24, 2.45) is 0 Å². The Labute approximate surface area is 139 Å². The molecule has 6 nitrogen and oxygen atoms in total. The van der Waals surface area contributed by atoms with Crippen molar-refractivity contribution in [3.8, 4) is 0 Å². The van der Waals surface area contributed by atoms with Crippen LogP contribution in [-0.2, 0) is 9.59 Å². The molecule has 0 unspecified atom stereocenters. The molecule has 0 saturated carbocycles. The smallest absolute Gasteiger partial charge is 0.224 e. The lowest BCUT2D eigenvalue weighted by molar-refractivity contribution is -0.131. The van der Waals surface area contributed by atoms with Gasteiger partial charge < -0.3 is 10.2 Å². The van der Waals surface area contributed by atoms with Crippen LogP contribution in [0.5, 0.6) is 0 Å². The molecular weight excluding hydrogens is 292 g/mol. The van der Waals surface area contributed by atoms with Crippen molar-refractivity contribution < 1.29 is 9.59 Å². The fourth-order valence-electron chi connectivity index (χ4n) is 2.37. The predicted molar refractivity (Wildman–Crippen MR) is 92.3 cm³/mol. The maximum Gasteiger partial charge on any atom is 0.224 e. The van der Waals surface area contributed by atoms with Crippen molar-refractivity contribution >= 4 is 17.5 Å². The van der Waals surface area contributed by atoms with E-state index in [2.05, 4.69) is 24.3 Å². The number of nitrogens with zero attached hydrogens (tertiary/aromatic N) is 3. The number of carbonyl (C=O) groups is 2. The van der Waals surface area contributed by atoms with Gasteiger partial charge >= 0.3 is 0 Å². The molecule has 0 fully saturated rings. The number of carbonyl (C=O) groups excluding carboxylic acids is 2. The van der Waals surface area contributed by atoms with E-state index in [-0.39, 0.29) is 17.9 Å². The van der Waals surface area contributed by atoms with Crippen molar-refractivity contribution in [3.63, 3.8) is 0 Å². The molecule has 0 aliphatic heterocycles. The Morgan fingerprint density at radius 1 is 1.22 bits per heavy atom. The van der Waals surface area contributed by atoms with Gasteiger partial charge in [-0.2, -0.15) is 5.10 Å². The van der Waals surface area contributed by atoms with E-state index >= 15 is 0 Å². The first-order chi connectivity index (χ1) is 11.0. The third kappa shape index (κ3) is 6.84. The summed E-state index contributed by atoms with van der Waals surface area (Å²) in [6, 6.07) is 0.265. The molecule has 0 aliphatic rings. The number of nitrogens with one attached hydrogen (secondary N) is 1. The highest BCUT2D eigenvalue weighted by Crippen LogP contribution is 2.11. The minimum Gasteiger partial charge on any atom is -0.343 e. The molecule has 0 aromatic carbocycles. The molecule has 0 bridgehead atoms.